The minimum atomic E-state index is -1.01. The molecule has 2 N–H and O–H groups in total. The summed E-state index contributed by atoms with van der Waals surface area (Å²) < 4.78 is 4.79. The van der Waals surface area contributed by atoms with Gasteiger partial charge >= 0.3 is 11.9 Å². The SMILES string of the molecule is CCOC(=O)CCCNCc1csc(C(=O)O)n1. The minimum Gasteiger partial charge on any atom is -0.476 e. The number of carbonyl (C=O) groups is 2. The predicted molar refractivity (Wildman–Crippen MR) is 66.6 cm³/mol. The summed E-state index contributed by atoms with van der Waals surface area (Å²) in [4.78, 5) is 25.6. The monoisotopic (exact) mass is 272 g/mol. The van der Waals surface area contributed by atoms with E-state index in [-0.39, 0.29) is 11.0 Å². The zero-order valence-electron chi connectivity index (χ0n) is 10.1. The van der Waals surface area contributed by atoms with Crippen molar-refractivity contribution in [2.24, 2.45) is 0 Å². The normalized spacial score (nSPS) is 10.3. The number of esters is 1. The molecule has 0 aliphatic rings. The number of aromatic carboxylic acids is 1. The first-order valence-corrected chi connectivity index (χ1v) is 6.55. The zero-order valence-corrected chi connectivity index (χ0v) is 11.0. The Bertz CT molecular complexity index is 406. The molecule has 6 nitrogen and oxygen atoms in total. The van der Waals surface area contributed by atoms with Crippen LogP contribution in [0.4, 0.5) is 0 Å². The number of hydrogen-bond acceptors (Lipinski definition) is 6. The van der Waals surface area contributed by atoms with Crippen molar-refractivity contribution in [3.05, 3.63) is 16.1 Å². The first kappa shape index (κ1) is 14.6. The van der Waals surface area contributed by atoms with Gasteiger partial charge in [0, 0.05) is 18.3 Å². The molecule has 1 aromatic heterocycles. The summed E-state index contributed by atoms with van der Waals surface area (Å²) in [6.45, 7) is 3.35. The first-order valence-electron chi connectivity index (χ1n) is 5.67. The molecule has 0 aliphatic heterocycles. The highest BCUT2D eigenvalue weighted by Gasteiger charge is 2.08. The maximum absolute atomic E-state index is 11.0. The molecule has 0 saturated heterocycles. The highest BCUT2D eigenvalue weighted by Crippen LogP contribution is 2.09. The van der Waals surface area contributed by atoms with E-state index >= 15 is 0 Å². The summed E-state index contributed by atoms with van der Waals surface area (Å²) in [5.74, 6) is -1.20. The van der Waals surface area contributed by atoms with Crippen LogP contribution in [0.15, 0.2) is 5.38 Å². The van der Waals surface area contributed by atoms with Crippen LogP contribution in [0.3, 0.4) is 0 Å². The number of nitrogens with zero attached hydrogens (tertiary/aromatic N) is 1. The number of thiazole rings is 1. The van der Waals surface area contributed by atoms with Crippen molar-refractivity contribution in [3.63, 3.8) is 0 Å². The average Bonchev–Trinajstić information content (AvgIpc) is 2.78. The number of nitrogens with one attached hydrogen (secondary N) is 1. The summed E-state index contributed by atoms with van der Waals surface area (Å²) in [5.41, 5.74) is 0.702. The van der Waals surface area contributed by atoms with Crippen molar-refractivity contribution >= 4 is 23.3 Å². The van der Waals surface area contributed by atoms with Crippen LogP contribution in [0.1, 0.15) is 35.3 Å². The second-order valence-corrected chi connectivity index (χ2v) is 4.39. The lowest BCUT2D eigenvalue weighted by Gasteiger charge is -2.03. The van der Waals surface area contributed by atoms with E-state index in [9.17, 15) is 9.59 Å². The number of rotatable bonds is 8. The molecule has 0 unspecified atom stereocenters. The summed E-state index contributed by atoms with van der Waals surface area (Å²) in [5, 5.41) is 13.6. The Morgan fingerprint density at radius 3 is 2.94 bits per heavy atom. The molecule has 0 bridgehead atoms. The van der Waals surface area contributed by atoms with Gasteiger partial charge in [-0.3, -0.25) is 4.79 Å². The molecule has 0 fully saturated rings. The van der Waals surface area contributed by atoms with E-state index in [1.54, 1.807) is 12.3 Å². The van der Waals surface area contributed by atoms with E-state index in [0.29, 0.717) is 38.2 Å². The van der Waals surface area contributed by atoms with Gasteiger partial charge in [0.05, 0.1) is 12.3 Å². The van der Waals surface area contributed by atoms with Crippen molar-refractivity contribution in [1.82, 2.24) is 10.3 Å². The molecule has 0 aromatic carbocycles. The van der Waals surface area contributed by atoms with Gasteiger partial charge < -0.3 is 15.2 Å². The van der Waals surface area contributed by atoms with Crippen LogP contribution < -0.4 is 5.32 Å². The molecule has 1 rings (SSSR count). The molecule has 7 heteroatoms. The average molecular weight is 272 g/mol. The number of carboxylic acid groups (broad SMARTS) is 1. The van der Waals surface area contributed by atoms with E-state index in [0.717, 1.165) is 11.3 Å². The van der Waals surface area contributed by atoms with Crippen LogP contribution in [-0.2, 0) is 16.1 Å². The standard InChI is InChI=1S/C11H16N2O4S/c1-2-17-9(14)4-3-5-12-6-8-7-18-10(13-8)11(15)16/h7,12H,2-6H2,1H3,(H,15,16). The molecular formula is C11H16N2O4S. The van der Waals surface area contributed by atoms with Gasteiger partial charge in [0.15, 0.2) is 0 Å². The fourth-order valence-corrected chi connectivity index (χ4v) is 1.95. The minimum absolute atomic E-state index is 0.0957. The number of carboxylic acids is 1. The Balaban J connectivity index is 2.14. The van der Waals surface area contributed by atoms with Gasteiger partial charge in [-0.25, -0.2) is 9.78 Å². The summed E-state index contributed by atoms with van der Waals surface area (Å²) in [6, 6.07) is 0. The lowest BCUT2D eigenvalue weighted by atomic mass is 10.3. The van der Waals surface area contributed by atoms with Gasteiger partial charge in [0.1, 0.15) is 0 Å². The van der Waals surface area contributed by atoms with Crippen LogP contribution in [0.5, 0.6) is 0 Å². The Hall–Kier alpha value is -1.47. The Morgan fingerprint density at radius 1 is 1.56 bits per heavy atom. The number of ether oxygens (including phenoxy) is 1. The van der Waals surface area contributed by atoms with Crippen LogP contribution in [0.2, 0.25) is 0 Å². The molecule has 100 valence electrons. The second-order valence-electron chi connectivity index (χ2n) is 3.53. The Kier molecular flexibility index (Phi) is 6.31. The third kappa shape index (κ3) is 5.24. The quantitative estimate of drug-likeness (QED) is 0.547. The maximum Gasteiger partial charge on any atom is 0.365 e. The van der Waals surface area contributed by atoms with Crippen molar-refractivity contribution < 1.29 is 19.4 Å². The lowest BCUT2D eigenvalue weighted by Crippen LogP contribution is -2.16. The fourth-order valence-electron chi connectivity index (χ4n) is 1.29. The van der Waals surface area contributed by atoms with Crippen molar-refractivity contribution in [2.75, 3.05) is 13.2 Å². The van der Waals surface area contributed by atoms with Crippen molar-refractivity contribution in [2.45, 2.75) is 26.3 Å². The molecule has 0 aliphatic carbocycles. The lowest BCUT2D eigenvalue weighted by molar-refractivity contribution is -0.143. The Morgan fingerprint density at radius 2 is 2.33 bits per heavy atom. The van der Waals surface area contributed by atoms with Gasteiger partial charge in [-0.1, -0.05) is 0 Å². The second kappa shape index (κ2) is 7.78. The molecule has 0 spiro atoms. The molecule has 0 saturated carbocycles. The fraction of sp³-hybridized carbons (Fsp3) is 0.545. The predicted octanol–water partition coefficient (Wildman–Crippen LogP) is 1.27. The number of hydrogen-bond donors (Lipinski definition) is 2. The number of carbonyl (C=O) groups excluding carboxylic acids is 1. The van der Waals surface area contributed by atoms with Crippen molar-refractivity contribution in [3.8, 4) is 0 Å². The van der Waals surface area contributed by atoms with Crippen LogP contribution >= 0.6 is 11.3 Å². The van der Waals surface area contributed by atoms with E-state index in [1.165, 1.54) is 0 Å². The molecular weight excluding hydrogens is 256 g/mol. The Labute approximate surface area is 109 Å². The van der Waals surface area contributed by atoms with E-state index in [4.69, 9.17) is 9.84 Å². The van der Waals surface area contributed by atoms with Crippen LogP contribution in [-0.4, -0.2) is 35.2 Å². The smallest absolute Gasteiger partial charge is 0.365 e. The summed E-state index contributed by atoms with van der Waals surface area (Å²) in [7, 11) is 0. The molecule has 18 heavy (non-hydrogen) atoms. The highest BCUT2D eigenvalue weighted by molar-refractivity contribution is 7.11. The maximum atomic E-state index is 11.0. The van der Waals surface area contributed by atoms with Gasteiger partial charge in [0.2, 0.25) is 5.01 Å². The summed E-state index contributed by atoms with van der Waals surface area (Å²) >= 11 is 1.11. The van der Waals surface area contributed by atoms with Gasteiger partial charge in [0.25, 0.3) is 0 Å². The molecule has 1 heterocycles. The highest BCUT2D eigenvalue weighted by atomic mass is 32.1. The van der Waals surface area contributed by atoms with Crippen LogP contribution in [0.25, 0.3) is 0 Å². The van der Waals surface area contributed by atoms with Gasteiger partial charge in [-0.2, -0.15) is 0 Å². The van der Waals surface area contributed by atoms with Crippen LogP contribution in [0, 0.1) is 0 Å². The van der Waals surface area contributed by atoms with E-state index in [1.807, 2.05) is 0 Å². The zero-order chi connectivity index (χ0) is 13.4. The molecule has 0 radical (unpaired) electrons. The van der Waals surface area contributed by atoms with Gasteiger partial charge in [-0.15, -0.1) is 11.3 Å². The van der Waals surface area contributed by atoms with E-state index in [2.05, 4.69) is 10.3 Å². The third-order valence-corrected chi connectivity index (χ3v) is 2.96. The van der Waals surface area contributed by atoms with Gasteiger partial charge in [-0.05, 0) is 19.9 Å². The largest absolute Gasteiger partial charge is 0.476 e. The topological polar surface area (TPSA) is 88.5 Å². The van der Waals surface area contributed by atoms with E-state index < -0.39 is 5.97 Å². The first-order chi connectivity index (χ1) is 8.63. The third-order valence-electron chi connectivity index (χ3n) is 2.08. The molecule has 1 aromatic rings. The molecule has 0 amide bonds. The molecule has 0 atom stereocenters. The van der Waals surface area contributed by atoms with Crippen molar-refractivity contribution in [1.29, 1.82) is 0 Å². The number of aromatic nitrogens is 1. The summed E-state index contributed by atoms with van der Waals surface area (Å²) in [6.07, 6.45) is 1.08.